The van der Waals surface area contributed by atoms with Gasteiger partial charge >= 0.3 is 0 Å². The number of hydrogen-bond acceptors (Lipinski definition) is 5. The largest absolute Gasteiger partial charge is 0.493 e. The first kappa shape index (κ1) is 20.4. The van der Waals surface area contributed by atoms with Gasteiger partial charge < -0.3 is 24.3 Å². The molecule has 1 atom stereocenters. The molecule has 6 nitrogen and oxygen atoms in total. The van der Waals surface area contributed by atoms with E-state index in [1.54, 1.807) is 33.3 Å². The minimum atomic E-state index is -0.660. The van der Waals surface area contributed by atoms with Crippen LogP contribution in [0.3, 0.4) is 0 Å². The third-order valence-electron chi connectivity index (χ3n) is 3.80. The molecule has 146 valence electrons. The second-order valence-electron chi connectivity index (χ2n) is 6.28. The van der Waals surface area contributed by atoms with Gasteiger partial charge in [0.05, 0.1) is 20.3 Å². The zero-order valence-electron chi connectivity index (χ0n) is 16.4. The number of ether oxygens (including phenoxy) is 4. The maximum Gasteiger partial charge on any atom is 0.261 e. The monoisotopic (exact) mass is 373 g/mol. The van der Waals surface area contributed by atoms with Crippen LogP contribution in [0.4, 0.5) is 0 Å². The molecular weight excluding hydrogens is 346 g/mol. The number of carbonyl (C=O) groups excluding carboxylic acids is 1. The molecule has 2 aromatic rings. The van der Waals surface area contributed by atoms with Crippen LogP contribution in [0, 0.1) is 0 Å². The van der Waals surface area contributed by atoms with Crippen LogP contribution in [-0.4, -0.2) is 32.3 Å². The highest BCUT2D eigenvalue weighted by molar-refractivity contribution is 5.80. The maximum absolute atomic E-state index is 12.4. The highest BCUT2D eigenvalue weighted by Crippen LogP contribution is 2.29. The van der Waals surface area contributed by atoms with E-state index in [9.17, 15) is 4.79 Å². The van der Waals surface area contributed by atoms with Crippen LogP contribution in [0.2, 0.25) is 0 Å². The Morgan fingerprint density at radius 1 is 0.889 bits per heavy atom. The first-order chi connectivity index (χ1) is 12.9. The second-order valence-corrected chi connectivity index (χ2v) is 6.28. The van der Waals surface area contributed by atoms with Crippen molar-refractivity contribution in [3.8, 4) is 23.0 Å². The Morgan fingerprint density at radius 3 is 2.15 bits per heavy atom. The minimum absolute atomic E-state index is 0.0532. The zero-order chi connectivity index (χ0) is 19.8. The van der Waals surface area contributed by atoms with Gasteiger partial charge in [-0.15, -0.1) is 0 Å². The number of carbonyl (C=O) groups is 1. The van der Waals surface area contributed by atoms with Crippen molar-refractivity contribution in [3.05, 3.63) is 48.0 Å². The van der Waals surface area contributed by atoms with Gasteiger partial charge in [0.2, 0.25) is 0 Å². The van der Waals surface area contributed by atoms with Gasteiger partial charge in [-0.3, -0.25) is 4.79 Å². The lowest BCUT2D eigenvalue weighted by Gasteiger charge is -2.17. The summed E-state index contributed by atoms with van der Waals surface area (Å²) in [5.41, 5.74) is 0.904. The van der Waals surface area contributed by atoms with E-state index in [4.69, 9.17) is 18.9 Å². The topological polar surface area (TPSA) is 66.0 Å². The Bertz CT molecular complexity index is 760. The molecule has 2 aromatic carbocycles. The first-order valence-corrected chi connectivity index (χ1v) is 8.85. The summed E-state index contributed by atoms with van der Waals surface area (Å²) in [6.45, 7) is 5.96. The number of benzene rings is 2. The molecule has 2 rings (SSSR count). The summed E-state index contributed by atoms with van der Waals surface area (Å²) in [5, 5.41) is 2.87. The van der Waals surface area contributed by atoms with Gasteiger partial charge in [-0.25, -0.2) is 0 Å². The molecule has 0 aliphatic carbocycles. The summed E-state index contributed by atoms with van der Waals surface area (Å²) in [4.78, 5) is 12.4. The molecular formula is C21H27NO5. The normalized spacial score (nSPS) is 11.6. The highest BCUT2D eigenvalue weighted by atomic mass is 16.5. The van der Waals surface area contributed by atoms with Crippen LogP contribution < -0.4 is 24.3 Å². The Balaban J connectivity index is 1.96. The molecule has 0 radical (unpaired) electrons. The molecule has 27 heavy (non-hydrogen) atoms. The summed E-state index contributed by atoms with van der Waals surface area (Å²) >= 11 is 0. The third kappa shape index (κ3) is 5.81. The molecule has 6 heteroatoms. The predicted molar refractivity (Wildman–Crippen MR) is 104 cm³/mol. The van der Waals surface area contributed by atoms with Gasteiger partial charge in [-0.1, -0.05) is 18.2 Å². The summed E-state index contributed by atoms with van der Waals surface area (Å²) in [5.74, 6) is 2.20. The van der Waals surface area contributed by atoms with E-state index >= 15 is 0 Å². The van der Waals surface area contributed by atoms with Crippen LogP contribution in [0.5, 0.6) is 23.0 Å². The Kier molecular flexibility index (Phi) is 7.34. The van der Waals surface area contributed by atoms with Crippen molar-refractivity contribution in [2.45, 2.75) is 39.5 Å². The fourth-order valence-electron chi connectivity index (χ4n) is 2.47. The second kappa shape index (κ2) is 9.71. The number of rotatable bonds is 9. The maximum atomic E-state index is 12.4. The summed E-state index contributed by atoms with van der Waals surface area (Å²) in [7, 11) is 3.15. The van der Waals surface area contributed by atoms with Gasteiger partial charge in [0.25, 0.3) is 5.91 Å². The molecule has 0 spiro atoms. The third-order valence-corrected chi connectivity index (χ3v) is 3.80. The van der Waals surface area contributed by atoms with Gasteiger partial charge in [0.15, 0.2) is 29.1 Å². The molecule has 0 aliphatic heterocycles. The highest BCUT2D eigenvalue weighted by Gasteiger charge is 2.17. The molecule has 0 aliphatic rings. The van der Waals surface area contributed by atoms with Crippen molar-refractivity contribution < 1.29 is 23.7 Å². The van der Waals surface area contributed by atoms with Crippen molar-refractivity contribution in [1.82, 2.24) is 5.32 Å². The van der Waals surface area contributed by atoms with E-state index in [0.29, 0.717) is 29.5 Å². The number of amides is 1. The number of nitrogens with one attached hydrogen (secondary N) is 1. The van der Waals surface area contributed by atoms with Gasteiger partial charge in [-0.05, 0) is 50.6 Å². The van der Waals surface area contributed by atoms with E-state index in [2.05, 4.69) is 5.32 Å². The molecule has 1 N–H and O–H groups in total. The predicted octanol–water partition coefficient (Wildman–Crippen LogP) is 3.57. The Hall–Kier alpha value is -2.89. The smallest absolute Gasteiger partial charge is 0.261 e. The van der Waals surface area contributed by atoms with E-state index < -0.39 is 6.10 Å². The van der Waals surface area contributed by atoms with Crippen LogP contribution in [0.1, 0.15) is 26.3 Å². The number of methoxy groups -OCH3 is 2. The van der Waals surface area contributed by atoms with Crippen LogP contribution in [0.15, 0.2) is 42.5 Å². The van der Waals surface area contributed by atoms with Crippen molar-refractivity contribution in [3.63, 3.8) is 0 Å². The van der Waals surface area contributed by atoms with Gasteiger partial charge in [-0.2, -0.15) is 0 Å². The van der Waals surface area contributed by atoms with Crippen molar-refractivity contribution in [2.75, 3.05) is 14.2 Å². The lowest BCUT2D eigenvalue weighted by molar-refractivity contribution is -0.127. The molecule has 0 saturated carbocycles. The van der Waals surface area contributed by atoms with Crippen LogP contribution >= 0.6 is 0 Å². The zero-order valence-corrected chi connectivity index (χ0v) is 16.4. The summed E-state index contributed by atoms with van der Waals surface area (Å²) < 4.78 is 22.0. The average Bonchev–Trinajstić information content (AvgIpc) is 2.66. The van der Waals surface area contributed by atoms with Crippen molar-refractivity contribution in [1.29, 1.82) is 0 Å². The fraction of sp³-hybridized carbons (Fsp3) is 0.381. The van der Waals surface area contributed by atoms with E-state index in [1.807, 2.05) is 44.2 Å². The van der Waals surface area contributed by atoms with Gasteiger partial charge in [0.1, 0.15) is 0 Å². The molecule has 0 fully saturated rings. The van der Waals surface area contributed by atoms with E-state index in [0.717, 1.165) is 5.56 Å². The van der Waals surface area contributed by atoms with Gasteiger partial charge in [0, 0.05) is 6.54 Å². The Labute approximate surface area is 160 Å². The molecule has 0 unspecified atom stereocenters. The fourth-order valence-corrected chi connectivity index (χ4v) is 2.47. The van der Waals surface area contributed by atoms with Crippen molar-refractivity contribution in [2.24, 2.45) is 0 Å². The van der Waals surface area contributed by atoms with Crippen molar-refractivity contribution >= 4 is 5.91 Å². The number of para-hydroxylation sites is 2. The molecule has 0 saturated heterocycles. The molecule has 0 aromatic heterocycles. The minimum Gasteiger partial charge on any atom is -0.493 e. The van der Waals surface area contributed by atoms with Crippen LogP contribution in [0.25, 0.3) is 0 Å². The SMILES string of the molecule is COc1cc(CNC(=O)[C@@H](C)Oc2ccccc2OC)ccc1OC(C)C. The molecule has 0 heterocycles. The lowest BCUT2D eigenvalue weighted by atomic mass is 10.2. The number of hydrogen-bond donors (Lipinski definition) is 1. The summed E-state index contributed by atoms with van der Waals surface area (Å²) in [6, 6.07) is 12.8. The quantitative estimate of drug-likeness (QED) is 0.728. The van der Waals surface area contributed by atoms with E-state index in [1.165, 1.54) is 0 Å². The van der Waals surface area contributed by atoms with Crippen LogP contribution in [-0.2, 0) is 11.3 Å². The Morgan fingerprint density at radius 2 is 1.52 bits per heavy atom. The molecule has 0 bridgehead atoms. The molecule has 1 amide bonds. The standard InChI is InChI=1S/C21H27NO5/c1-14(2)26-19-11-10-16(12-20(19)25-5)13-22-21(23)15(3)27-18-9-7-6-8-17(18)24-4/h6-12,14-15H,13H2,1-5H3,(H,22,23)/t15-/m1/s1. The average molecular weight is 373 g/mol. The lowest BCUT2D eigenvalue weighted by Crippen LogP contribution is -2.36. The summed E-state index contributed by atoms with van der Waals surface area (Å²) in [6.07, 6.45) is -0.607. The first-order valence-electron chi connectivity index (χ1n) is 8.85. The van der Waals surface area contributed by atoms with E-state index in [-0.39, 0.29) is 12.0 Å².